The van der Waals surface area contributed by atoms with E-state index in [1.165, 1.54) is 0 Å². The number of piperazine rings is 1. The van der Waals surface area contributed by atoms with Gasteiger partial charge in [-0.1, -0.05) is 17.3 Å². The Labute approximate surface area is 224 Å². The van der Waals surface area contributed by atoms with Crippen LogP contribution in [0.15, 0.2) is 53.9 Å². The molecule has 0 bridgehead atoms. The highest BCUT2D eigenvalue weighted by molar-refractivity contribution is 5.90. The van der Waals surface area contributed by atoms with Gasteiger partial charge >= 0.3 is 12.2 Å². The van der Waals surface area contributed by atoms with Gasteiger partial charge in [0.2, 0.25) is 0 Å². The highest BCUT2D eigenvalue weighted by Crippen LogP contribution is 2.24. The van der Waals surface area contributed by atoms with E-state index in [1.807, 2.05) is 28.8 Å². The Hall–Kier alpha value is -3.68. The molecule has 1 aliphatic rings. The third-order valence-electron chi connectivity index (χ3n) is 6.27. The van der Waals surface area contributed by atoms with Crippen molar-refractivity contribution in [2.24, 2.45) is 5.16 Å². The minimum absolute atomic E-state index is 0.201. The molecule has 2 amide bonds. The van der Waals surface area contributed by atoms with Gasteiger partial charge in [0, 0.05) is 62.3 Å². The fourth-order valence-electron chi connectivity index (χ4n) is 4.28. The molecule has 0 unspecified atom stereocenters. The SMILES string of the molecule is O=C(NCC(F)(F)F)Nc1cccc(-c2cnc3cc(/C=N/OCCCN4CCN(CCO)CC4)ccn23)c1. The number of pyridine rings is 1. The number of urea groups is 1. The number of imidazole rings is 1. The summed E-state index contributed by atoms with van der Waals surface area (Å²) in [5.41, 5.74) is 3.33. The normalized spacial score (nSPS) is 15.2. The monoisotopic (exact) mass is 547 g/mol. The maximum Gasteiger partial charge on any atom is 0.405 e. The maximum atomic E-state index is 12.3. The molecule has 210 valence electrons. The van der Waals surface area contributed by atoms with Crippen molar-refractivity contribution in [3.05, 3.63) is 54.4 Å². The minimum atomic E-state index is -4.48. The molecular formula is C26H32F3N7O3. The molecule has 1 saturated heterocycles. The molecule has 3 aromatic rings. The van der Waals surface area contributed by atoms with Crippen LogP contribution in [0.25, 0.3) is 16.9 Å². The van der Waals surface area contributed by atoms with E-state index in [2.05, 4.69) is 25.3 Å². The van der Waals surface area contributed by atoms with Gasteiger partial charge in [-0.05, 0) is 30.7 Å². The molecule has 3 N–H and O–H groups in total. The number of anilines is 1. The van der Waals surface area contributed by atoms with Gasteiger partial charge in [-0.2, -0.15) is 13.2 Å². The van der Waals surface area contributed by atoms with E-state index in [1.54, 1.807) is 35.9 Å². The minimum Gasteiger partial charge on any atom is -0.396 e. The van der Waals surface area contributed by atoms with E-state index in [0.717, 1.165) is 62.5 Å². The number of aliphatic hydroxyl groups is 1. The molecular weight excluding hydrogens is 515 g/mol. The molecule has 0 saturated carbocycles. The fourth-order valence-corrected chi connectivity index (χ4v) is 4.28. The fraction of sp³-hybridized carbons (Fsp3) is 0.423. The third-order valence-corrected chi connectivity index (χ3v) is 6.27. The summed E-state index contributed by atoms with van der Waals surface area (Å²) < 4.78 is 38.8. The van der Waals surface area contributed by atoms with Crippen molar-refractivity contribution in [1.29, 1.82) is 0 Å². The first-order valence-electron chi connectivity index (χ1n) is 12.7. The third kappa shape index (κ3) is 8.67. The second-order valence-electron chi connectivity index (χ2n) is 9.16. The zero-order chi connectivity index (χ0) is 27.7. The summed E-state index contributed by atoms with van der Waals surface area (Å²) in [5, 5.41) is 17.3. The van der Waals surface area contributed by atoms with Crippen LogP contribution in [-0.4, -0.2) is 102 Å². The molecule has 39 heavy (non-hydrogen) atoms. The van der Waals surface area contributed by atoms with E-state index in [0.29, 0.717) is 17.9 Å². The number of β-amino-alcohol motifs (C(OH)–C–C–N with tert-alkyl or cyclic N) is 1. The topological polar surface area (TPSA) is 107 Å². The number of aromatic nitrogens is 2. The van der Waals surface area contributed by atoms with Crippen LogP contribution in [0, 0.1) is 0 Å². The number of nitrogens with zero attached hydrogens (tertiary/aromatic N) is 5. The van der Waals surface area contributed by atoms with Crippen LogP contribution in [0.1, 0.15) is 12.0 Å². The molecule has 1 aromatic carbocycles. The van der Waals surface area contributed by atoms with Crippen LogP contribution in [0.5, 0.6) is 0 Å². The molecule has 0 radical (unpaired) electrons. The number of aliphatic hydroxyl groups excluding tert-OH is 1. The van der Waals surface area contributed by atoms with Crippen LogP contribution < -0.4 is 10.6 Å². The van der Waals surface area contributed by atoms with Gasteiger partial charge in [0.1, 0.15) is 18.8 Å². The predicted molar refractivity (Wildman–Crippen MR) is 142 cm³/mol. The number of amides is 2. The summed E-state index contributed by atoms with van der Waals surface area (Å²) in [6, 6.07) is 9.55. The van der Waals surface area contributed by atoms with E-state index in [9.17, 15) is 18.0 Å². The van der Waals surface area contributed by atoms with Crippen molar-refractivity contribution in [3.8, 4) is 11.3 Å². The van der Waals surface area contributed by atoms with E-state index < -0.39 is 18.8 Å². The van der Waals surface area contributed by atoms with E-state index in [-0.39, 0.29) is 6.61 Å². The Kier molecular flexibility index (Phi) is 9.74. The smallest absolute Gasteiger partial charge is 0.396 e. The van der Waals surface area contributed by atoms with Crippen LogP contribution in [0.3, 0.4) is 0 Å². The number of hydrogen-bond acceptors (Lipinski definition) is 7. The first-order chi connectivity index (χ1) is 18.8. The van der Waals surface area contributed by atoms with Crippen LogP contribution in [-0.2, 0) is 4.84 Å². The lowest BCUT2D eigenvalue weighted by Gasteiger charge is -2.34. The average Bonchev–Trinajstić information content (AvgIpc) is 3.34. The van der Waals surface area contributed by atoms with Crippen molar-refractivity contribution < 1.29 is 27.9 Å². The number of carbonyl (C=O) groups excluding carboxylic acids is 1. The first-order valence-corrected chi connectivity index (χ1v) is 12.7. The number of fused-ring (bicyclic) bond motifs is 1. The summed E-state index contributed by atoms with van der Waals surface area (Å²) in [6.45, 7) is 4.92. The van der Waals surface area contributed by atoms with Crippen molar-refractivity contribution in [3.63, 3.8) is 0 Å². The van der Waals surface area contributed by atoms with Gasteiger partial charge in [-0.15, -0.1) is 0 Å². The Morgan fingerprint density at radius 1 is 1.13 bits per heavy atom. The Balaban J connectivity index is 1.26. The van der Waals surface area contributed by atoms with Crippen molar-refractivity contribution in [2.75, 3.05) is 64.3 Å². The largest absolute Gasteiger partial charge is 0.405 e. The number of oxime groups is 1. The van der Waals surface area contributed by atoms with Crippen molar-refractivity contribution in [2.45, 2.75) is 12.6 Å². The molecule has 2 aromatic heterocycles. The lowest BCUT2D eigenvalue weighted by Crippen LogP contribution is -2.47. The lowest BCUT2D eigenvalue weighted by molar-refractivity contribution is -0.122. The standard InChI is InChI=1S/C26H32F3N7O3/c27-26(28,29)19-31-25(38)33-22-4-1-3-21(16-22)23-18-30-24-15-20(5-7-36(23)24)17-32-39-14-2-6-34-8-10-35(11-9-34)12-13-37/h1,3-5,7,15-18,37H,2,6,8-14,19H2,(H2,31,33,38)/b32-17+. The Bertz CT molecular complexity index is 1260. The van der Waals surface area contributed by atoms with Crippen molar-refractivity contribution >= 4 is 23.6 Å². The number of halogens is 3. The van der Waals surface area contributed by atoms with Gasteiger partial charge in [0.05, 0.1) is 24.7 Å². The van der Waals surface area contributed by atoms with Crippen LogP contribution in [0.4, 0.5) is 23.7 Å². The highest BCUT2D eigenvalue weighted by atomic mass is 19.4. The van der Waals surface area contributed by atoms with E-state index in [4.69, 9.17) is 9.94 Å². The number of alkyl halides is 3. The van der Waals surface area contributed by atoms with E-state index >= 15 is 0 Å². The lowest BCUT2D eigenvalue weighted by atomic mass is 10.1. The highest BCUT2D eigenvalue weighted by Gasteiger charge is 2.27. The summed E-state index contributed by atoms with van der Waals surface area (Å²) in [7, 11) is 0. The second-order valence-corrected chi connectivity index (χ2v) is 9.16. The maximum absolute atomic E-state index is 12.3. The summed E-state index contributed by atoms with van der Waals surface area (Å²) in [4.78, 5) is 26.3. The summed E-state index contributed by atoms with van der Waals surface area (Å²) >= 11 is 0. The molecule has 1 aliphatic heterocycles. The predicted octanol–water partition coefficient (Wildman–Crippen LogP) is 3.04. The molecule has 1 fully saturated rings. The molecule has 0 spiro atoms. The molecule has 10 nitrogen and oxygen atoms in total. The van der Waals surface area contributed by atoms with Gasteiger partial charge in [0.15, 0.2) is 0 Å². The Morgan fingerprint density at radius 3 is 2.64 bits per heavy atom. The number of benzene rings is 1. The average molecular weight is 548 g/mol. The van der Waals surface area contributed by atoms with Gasteiger partial charge < -0.3 is 25.5 Å². The molecule has 13 heteroatoms. The number of carbonyl (C=O) groups is 1. The molecule has 3 heterocycles. The first kappa shape index (κ1) is 28.3. The number of hydrogen-bond donors (Lipinski definition) is 3. The van der Waals surface area contributed by atoms with Crippen LogP contribution in [0.2, 0.25) is 0 Å². The summed E-state index contributed by atoms with van der Waals surface area (Å²) in [6.07, 6.45) is 1.54. The van der Waals surface area contributed by atoms with Crippen LogP contribution >= 0.6 is 0 Å². The zero-order valence-electron chi connectivity index (χ0n) is 21.4. The number of nitrogens with one attached hydrogen (secondary N) is 2. The molecule has 0 aliphatic carbocycles. The Morgan fingerprint density at radius 2 is 1.90 bits per heavy atom. The zero-order valence-corrected chi connectivity index (χ0v) is 21.4. The van der Waals surface area contributed by atoms with Crippen molar-refractivity contribution in [1.82, 2.24) is 24.5 Å². The van der Waals surface area contributed by atoms with Gasteiger partial charge in [-0.25, -0.2) is 9.78 Å². The molecule has 4 rings (SSSR count). The molecule has 0 atom stereocenters. The van der Waals surface area contributed by atoms with Gasteiger partial charge in [0.25, 0.3) is 0 Å². The van der Waals surface area contributed by atoms with Gasteiger partial charge in [-0.3, -0.25) is 9.30 Å². The number of rotatable bonds is 11. The quantitative estimate of drug-likeness (QED) is 0.194. The summed E-state index contributed by atoms with van der Waals surface area (Å²) in [5.74, 6) is 0. The second kappa shape index (κ2) is 13.4.